The van der Waals surface area contributed by atoms with Crippen LogP contribution >= 0.6 is 0 Å². The molecular weight excluding hydrogens is 326 g/mol. The molecule has 1 aliphatic heterocycles. The second-order valence-corrected chi connectivity index (χ2v) is 6.57. The number of benzene rings is 2. The summed E-state index contributed by atoms with van der Waals surface area (Å²) in [4.78, 5) is 26.3. The Balaban J connectivity index is 1.37. The molecule has 0 aromatic heterocycles. The third kappa shape index (κ3) is 5.09. The van der Waals surface area contributed by atoms with Gasteiger partial charge in [-0.1, -0.05) is 48.5 Å². The Bertz CT molecular complexity index is 711. The van der Waals surface area contributed by atoms with Gasteiger partial charge in [0.2, 0.25) is 0 Å². The zero-order valence-electron chi connectivity index (χ0n) is 14.9. The molecule has 2 N–H and O–H groups in total. The fourth-order valence-electron chi connectivity index (χ4n) is 3.19. The molecule has 26 heavy (non-hydrogen) atoms. The number of hydrogen-bond acceptors (Lipinski definition) is 2. The van der Waals surface area contributed by atoms with Crippen molar-refractivity contribution >= 4 is 11.9 Å². The van der Waals surface area contributed by atoms with Gasteiger partial charge in [-0.3, -0.25) is 4.79 Å². The highest BCUT2D eigenvalue weighted by molar-refractivity contribution is 5.94. The maximum Gasteiger partial charge on any atom is 0.315 e. The molecule has 2 aromatic carbocycles. The van der Waals surface area contributed by atoms with E-state index in [9.17, 15) is 9.59 Å². The van der Waals surface area contributed by atoms with Crippen LogP contribution in [0.15, 0.2) is 60.7 Å². The fourth-order valence-corrected chi connectivity index (χ4v) is 3.19. The third-order valence-electron chi connectivity index (χ3n) is 4.68. The molecule has 0 saturated carbocycles. The Kier molecular flexibility index (Phi) is 6.25. The predicted octanol–water partition coefficient (Wildman–Crippen LogP) is 2.83. The lowest BCUT2D eigenvalue weighted by Gasteiger charge is -2.32. The zero-order chi connectivity index (χ0) is 18.2. The van der Waals surface area contributed by atoms with Gasteiger partial charge < -0.3 is 15.5 Å². The third-order valence-corrected chi connectivity index (χ3v) is 4.68. The summed E-state index contributed by atoms with van der Waals surface area (Å²) in [5.41, 5.74) is 1.93. The number of hydrogen-bond donors (Lipinski definition) is 2. The quantitative estimate of drug-likeness (QED) is 0.870. The minimum absolute atomic E-state index is 0.0661. The lowest BCUT2D eigenvalue weighted by molar-refractivity contribution is 0.0708. The second kappa shape index (κ2) is 9.04. The number of rotatable bonds is 5. The van der Waals surface area contributed by atoms with Gasteiger partial charge in [0.15, 0.2) is 0 Å². The average Bonchev–Trinajstić information content (AvgIpc) is 2.69. The van der Waals surface area contributed by atoms with Gasteiger partial charge in [-0.25, -0.2) is 4.79 Å². The Morgan fingerprint density at radius 1 is 0.923 bits per heavy atom. The summed E-state index contributed by atoms with van der Waals surface area (Å²) in [6, 6.07) is 19.4. The molecule has 2 aromatic rings. The van der Waals surface area contributed by atoms with Gasteiger partial charge in [0.1, 0.15) is 0 Å². The molecule has 1 fully saturated rings. The van der Waals surface area contributed by atoms with Gasteiger partial charge >= 0.3 is 6.03 Å². The van der Waals surface area contributed by atoms with Crippen molar-refractivity contribution in [2.75, 3.05) is 19.6 Å². The summed E-state index contributed by atoms with van der Waals surface area (Å²) in [5, 5.41) is 5.92. The molecule has 3 rings (SSSR count). The van der Waals surface area contributed by atoms with Gasteiger partial charge in [-0.2, -0.15) is 0 Å². The van der Waals surface area contributed by atoms with Gasteiger partial charge in [0, 0.05) is 31.2 Å². The van der Waals surface area contributed by atoms with Crippen LogP contribution in [0, 0.1) is 0 Å². The molecule has 0 bridgehead atoms. The maximum absolute atomic E-state index is 12.4. The average molecular weight is 351 g/mol. The van der Waals surface area contributed by atoms with Gasteiger partial charge in [0.05, 0.1) is 0 Å². The first-order valence-corrected chi connectivity index (χ1v) is 9.15. The lowest BCUT2D eigenvalue weighted by atomic mass is 10.0. The SMILES string of the molecule is O=C(NCCc1ccccc1)NC1CCN(C(=O)c2ccccc2)CC1. The minimum atomic E-state index is -0.131. The molecule has 0 spiro atoms. The Labute approximate surface area is 154 Å². The monoisotopic (exact) mass is 351 g/mol. The van der Waals surface area contributed by atoms with Crippen LogP contribution in [-0.2, 0) is 6.42 Å². The molecule has 1 heterocycles. The Morgan fingerprint density at radius 2 is 1.54 bits per heavy atom. The number of nitrogens with zero attached hydrogens (tertiary/aromatic N) is 1. The van der Waals surface area contributed by atoms with Crippen molar-refractivity contribution in [1.82, 2.24) is 15.5 Å². The summed E-state index contributed by atoms with van der Waals surface area (Å²) in [5.74, 6) is 0.0661. The molecule has 1 saturated heterocycles. The Morgan fingerprint density at radius 3 is 2.19 bits per heavy atom. The highest BCUT2D eigenvalue weighted by atomic mass is 16.2. The predicted molar refractivity (Wildman–Crippen MR) is 102 cm³/mol. The highest BCUT2D eigenvalue weighted by Gasteiger charge is 2.24. The van der Waals surface area contributed by atoms with E-state index in [4.69, 9.17) is 0 Å². The molecule has 5 nitrogen and oxygen atoms in total. The molecule has 1 aliphatic rings. The van der Waals surface area contributed by atoms with Crippen LogP contribution in [0.5, 0.6) is 0 Å². The molecule has 0 atom stereocenters. The molecule has 0 unspecified atom stereocenters. The summed E-state index contributed by atoms with van der Waals surface area (Å²) in [7, 11) is 0. The number of amides is 3. The van der Waals surface area contributed by atoms with Crippen LogP contribution in [-0.4, -0.2) is 42.5 Å². The second-order valence-electron chi connectivity index (χ2n) is 6.57. The van der Waals surface area contributed by atoms with E-state index >= 15 is 0 Å². The van der Waals surface area contributed by atoms with E-state index in [1.807, 2.05) is 53.4 Å². The molecule has 0 radical (unpaired) electrons. The van der Waals surface area contributed by atoms with Gasteiger partial charge in [0.25, 0.3) is 5.91 Å². The van der Waals surface area contributed by atoms with Gasteiger partial charge in [-0.15, -0.1) is 0 Å². The van der Waals surface area contributed by atoms with E-state index in [1.54, 1.807) is 0 Å². The van der Waals surface area contributed by atoms with E-state index in [-0.39, 0.29) is 18.0 Å². The van der Waals surface area contributed by atoms with Crippen molar-refractivity contribution in [3.63, 3.8) is 0 Å². The van der Waals surface area contributed by atoms with Gasteiger partial charge in [-0.05, 0) is 37.0 Å². The standard InChI is InChI=1S/C21H25N3O2/c25-20(18-9-5-2-6-10-18)24-15-12-19(13-16-24)23-21(26)22-14-11-17-7-3-1-4-8-17/h1-10,19H,11-16H2,(H2,22,23,26). The first kappa shape index (κ1) is 18.0. The van der Waals surface area contributed by atoms with Crippen molar-refractivity contribution in [2.45, 2.75) is 25.3 Å². The summed E-state index contributed by atoms with van der Waals surface area (Å²) in [6.07, 6.45) is 2.38. The normalized spacial score (nSPS) is 14.7. The van der Waals surface area contributed by atoms with E-state index < -0.39 is 0 Å². The topological polar surface area (TPSA) is 61.4 Å². The van der Waals surface area contributed by atoms with E-state index in [0.717, 1.165) is 24.8 Å². The van der Waals surface area contributed by atoms with Crippen molar-refractivity contribution < 1.29 is 9.59 Å². The molecule has 3 amide bonds. The summed E-state index contributed by atoms with van der Waals surface area (Å²) in [6.45, 7) is 1.95. The van der Waals surface area contributed by atoms with Crippen molar-refractivity contribution in [3.05, 3.63) is 71.8 Å². The first-order valence-electron chi connectivity index (χ1n) is 9.15. The van der Waals surface area contributed by atoms with Crippen molar-refractivity contribution in [2.24, 2.45) is 0 Å². The van der Waals surface area contributed by atoms with E-state index in [0.29, 0.717) is 19.6 Å². The molecule has 5 heteroatoms. The number of carbonyl (C=O) groups is 2. The van der Waals surface area contributed by atoms with Crippen molar-refractivity contribution in [3.8, 4) is 0 Å². The van der Waals surface area contributed by atoms with Crippen LogP contribution in [0.1, 0.15) is 28.8 Å². The van der Waals surface area contributed by atoms with Crippen molar-refractivity contribution in [1.29, 1.82) is 0 Å². The smallest absolute Gasteiger partial charge is 0.315 e. The Hall–Kier alpha value is -2.82. The summed E-state index contributed by atoms with van der Waals surface area (Å²) < 4.78 is 0. The molecule has 0 aliphatic carbocycles. The first-order chi connectivity index (χ1) is 12.7. The number of carbonyl (C=O) groups excluding carboxylic acids is 2. The zero-order valence-corrected chi connectivity index (χ0v) is 14.9. The van der Waals surface area contributed by atoms with E-state index in [1.165, 1.54) is 5.56 Å². The fraction of sp³-hybridized carbons (Fsp3) is 0.333. The lowest BCUT2D eigenvalue weighted by Crippen LogP contribution is -2.49. The maximum atomic E-state index is 12.4. The largest absolute Gasteiger partial charge is 0.338 e. The molecular formula is C21H25N3O2. The van der Waals surface area contributed by atoms with Crippen LogP contribution < -0.4 is 10.6 Å². The van der Waals surface area contributed by atoms with Crippen LogP contribution in [0.2, 0.25) is 0 Å². The van der Waals surface area contributed by atoms with Crippen LogP contribution in [0.4, 0.5) is 4.79 Å². The number of piperidine rings is 1. The van der Waals surface area contributed by atoms with Crippen LogP contribution in [0.3, 0.4) is 0 Å². The highest BCUT2D eigenvalue weighted by Crippen LogP contribution is 2.14. The number of nitrogens with one attached hydrogen (secondary N) is 2. The minimum Gasteiger partial charge on any atom is -0.338 e. The van der Waals surface area contributed by atoms with Crippen LogP contribution in [0.25, 0.3) is 0 Å². The number of likely N-dealkylation sites (tertiary alicyclic amines) is 1. The number of urea groups is 1. The summed E-state index contributed by atoms with van der Waals surface area (Å²) >= 11 is 0. The van der Waals surface area contributed by atoms with E-state index in [2.05, 4.69) is 22.8 Å². The molecule has 136 valence electrons.